The number of hydrogen-bond acceptors (Lipinski definition) is 6. The lowest BCUT2D eigenvalue weighted by Gasteiger charge is -2.13. The number of hydrogen-bond donors (Lipinski definition) is 2. The van der Waals surface area contributed by atoms with E-state index in [9.17, 15) is 19.7 Å². The largest absolute Gasteiger partial charge is 0.349 e. The van der Waals surface area contributed by atoms with Crippen LogP contribution in [-0.4, -0.2) is 31.1 Å². The normalized spacial score (nSPS) is 11.2. The van der Waals surface area contributed by atoms with Crippen molar-refractivity contribution in [3.8, 4) is 5.69 Å². The second kappa shape index (κ2) is 9.31. The van der Waals surface area contributed by atoms with E-state index < -0.39 is 4.92 Å². The van der Waals surface area contributed by atoms with Gasteiger partial charge in [-0.3, -0.25) is 24.3 Å². The number of nitro benzene ring substituents is 1. The SMILES string of the molecule is Cc1cccc(NC(=O)CSc2nc3c([nH]c4ccccc43)c(=O)n2-c2ccc([N+](=O)[O-])cc2)c1C. The molecule has 5 aromatic rings. The zero-order valence-corrected chi connectivity index (χ0v) is 20.3. The molecule has 9 nitrogen and oxygen atoms in total. The average molecular weight is 500 g/mol. The molecule has 0 fully saturated rings. The number of carbonyl (C=O) groups is 1. The minimum absolute atomic E-state index is 0.0145. The summed E-state index contributed by atoms with van der Waals surface area (Å²) in [6.07, 6.45) is 0. The molecule has 10 heteroatoms. The second-order valence-electron chi connectivity index (χ2n) is 8.29. The summed E-state index contributed by atoms with van der Waals surface area (Å²) in [5.74, 6) is -0.224. The first-order valence-corrected chi connectivity index (χ1v) is 12.1. The van der Waals surface area contributed by atoms with Gasteiger partial charge in [0.05, 0.1) is 16.4 Å². The van der Waals surface area contributed by atoms with Crippen LogP contribution in [0.25, 0.3) is 27.6 Å². The first kappa shape index (κ1) is 23.3. The lowest BCUT2D eigenvalue weighted by Crippen LogP contribution is -2.23. The Kier molecular flexibility index (Phi) is 6.03. The Morgan fingerprint density at radius 3 is 2.58 bits per heavy atom. The number of amides is 1. The predicted octanol–water partition coefficient (Wildman–Crippen LogP) is 5.12. The molecule has 1 amide bonds. The maximum Gasteiger partial charge on any atom is 0.283 e. The second-order valence-corrected chi connectivity index (χ2v) is 9.23. The van der Waals surface area contributed by atoms with E-state index in [1.807, 2.05) is 56.3 Å². The van der Waals surface area contributed by atoms with Crippen molar-refractivity contribution in [3.05, 3.63) is 98.3 Å². The summed E-state index contributed by atoms with van der Waals surface area (Å²) in [5, 5.41) is 15.1. The summed E-state index contributed by atoms with van der Waals surface area (Å²) in [6.45, 7) is 3.92. The average Bonchev–Trinajstić information content (AvgIpc) is 3.25. The third-order valence-corrected chi connectivity index (χ3v) is 6.96. The van der Waals surface area contributed by atoms with Gasteiger partial charge in [0.15, 0.2) is 5.16 Å². The number of carbonyl (C=O) groups excluding carboxylic acids is 1. The van der Waals surface area contributed by atoms with Crippen molar-refractivity contribution in [3.63, 3.8) is 0 Å². The maximum absolute atomic E-state index is 13.6. The van der Waals surface area contributed by atoms with Gasteiger partial charge in [0.2, 0.25) is 5.91 Å². The molecule has 0 aliphatic rings. The van der Waals surface area contributed by atoms with Crippen LogP contribution in [0.15, 0.2) is 76.7 Å². The highest BCUT2D eigenvalue weighted by Gasteiger charge is 2.19. The molecule has 0 aliphatic carbocycles. The number of nitrogens with zero attached hydrogens (tertiary/aromatic N) is 3. The molecule has 2 N–H and O–H groups in total. The van der Waals surface area contributed by atoms with E-state index in [1.54, 1.807) is 0 Å². The Morgan fingerprint density at radius 1 is 1.08 bits per heavy atom. The fourth-order valence-electron chi connectivity index (χ4n) is 3.99. The van der Waals surface area contributed by atoms with Gasteiger partial charge in [-0.2, -0.15) is 0 Å². The minimum Gasteiger partial charge on any atom is -0.349 e. The van der Waals surface area contributed by atoms with E-state index in [0.29, 0.717) is 21.9 Å². The van der Waals surface area contributed by atoms with Crippen LogP contribution in [0, 0.1) is 24.0 Å². The van der Waals surface area contributed by atoms with Gasteiger partial charge < -0.3 is 10.3 Å². The number of benzene rings is 3. The first-order chi connectivity index (χ1) is 17.3. The Morgan fingerprint density at radius 2 is 1.83 bits per heavy atom. The first-order valence-electron chi connectivity index (χ1n) is 11.1. The summed E-state index contributed by atoms with van der Waals surface area (Å²) in [4.78, 5) is 44.9. The van der Waals surface area contributed by atoms with Crippen LogP contribution < -0.4 is 10.9 Å². The standard InChI is InChI=1S/C26H21N5O4S/c1-15-6-5-9-20(16(15)2)27-22(32)14-36-26-29-23-19-7-3-4-8-21(19)28-24(23)25(33)30(26)17-10-12-18(13-11-17)31(34)35/h3-13,28H,14H2,1-2H3,(H,27,32). The Hall–Kier alpha value is -4.44. The fraction of sp³-hybridized carbons (Fsp3) is 0.115. The molecule has 0 bridgehead atoms. The fourth-order valence-corrected chi connectivity index (χ4v) is 4.80. The lowest BCUT2D eigenvalue weighted by molar-refractivity contribution is -0.384. The van der Waals surface area contributed by atoms with Gasteiger partial charge in [-0.25, -0.2) is 4.98 Å². The van der Waals surface area contributed by atoms with Gasteiger partial charge in [-0.1, -0.05) is 42.1 Å². The van der Waals surface area contributed by atoms with Crippen LogP contribution in [0.3, 0.4) is 0 Å². The number of fused-ring (bicyclic) bond motifs is 3. The summed E-state index contributed by atoms with van der Waals surface area (Å²) < 4.78 is 1.37. The molecule has 2 heterocycles. The summed E-state index contributed by atoms with van der Waals surface area (Å²) in [5.41, 5.74) is 4.34. The third kappa shape index (κ3) is 4.22. The topological polar surface area (TPSA) is 123 Å². The van der Waals surface area contributed by atoms with Crippen molar-refractivity contribution in [2.45, 2.75) is 19.0 Å². The van der Waals surface area contributed by atoms with Crippen molar-refractivity contribution in [1.82, 2.24) is 14.5 Å². The molecule has 0 saturated carbocycles. The van der Waals surface area contributed by atoms with Crippen LogP contribution in [0.5, 0.6) is 0 Å². The highest BCUT2D eigenvalue weighted by Crippen LogP contribution is 2.27. The molecule has 0 spiro atoms. The van der Waals surface area contributed by atoms with E-state index in [0.717, 1.165) is 39.5 Å². The van der Waals surface area contributed by atoms with Crippen molar-refractivity contribution in [1.29, 1.82) is 0 Å². The molecule has 0 saturated heterocycles. The van der Waals surface area contributed by atoms with Crippen LogP contribution in [0.1, 0.15) is 11.1 Å². The highest BCUT2D eigenvalue weighted by atomic mass is 32.2. The number of aromatic nitrogens is 3. The summed E-state index contributed by atoms with van der Waals surface area (Å²) in [7, 11) is 0. The van der Waals surface area contributed by atoms with Gasteiger partial charge >= 0.3 is 0 Å². The molecular weight excluding hydrogens is 478 g/mol. The molecule has 0 aliphatic heterocycles. The zero-order valence-electron chi connectivity index (χ0n) is 19.4. The van der Waals surface area contributed by atoms with E-state index >= 15 is 0 Å². The molecule has 5 rings (SSSR count). The minimum atomic E-state index is -0.501. The van der Waals surface area contributed by atoms with Crippen molar-refractivity contribution in [2.75, 3.05) is 11.1 Å². The van der Waals surface area contributed by atoms with Crippen LogP contribution in [0.4, 0.5) is 11.4 Å². The number of H-pyrrole nitrogens is 1. The van der Waals surface area contributed by atoms with E-state index in [1.165, 1.54) is 28.8 Å². The van der Waals surface area contributed by atoms with Gasteiger partial charge in [0.1, 0.15) is 11.0 Å². The van der Waals surface area contributed by atoms with Gasteiger partial charge in [-0.15, -0.1) is 0 Å². The number of non-ortho nitro benzene ring substituents is 1. The van der Waals surface area contributed by atoms with Crippen molar-refractivity contribution < 1.29 is 9.72 Å². The quantitative estimate of drug-likeness (QED) is 0.145. The molecule has 0 atom stereocenters. The van der Waals surface area contributed by atoms with Gasteiger partial charge in [0.25, 0.3) is 11.2 Å². The van der Waals surface area contributed by atoms with E-state index in [4.69, 9.17) is 4.98 Å². The zero-order chi connectivity index (χ0) is 25.4. The summed E-state index contributed by atoms with van der Waals surface area (Å²) in [6, 6.07) is 18.8. The Balaban J connectivity index is 1.56. The molecule has 3 aromatic carbocycles. The monoisotopic (exact) mass is 499 g/mol. The van der Waals surface area contributed by atoms with Crippen molar-refractivity contribution >= 4 is 51.0 Å². The maximum atomic E-state index is 13.6. The van der Waals surface area contributed by atoms with Crippen molar-refractivity contribution in [2.24, 2.45) is 0 Å². The Labute approximate surface area is 209 Å². The number of rotatable bonds is 6. The number of thioether (sulfide) groups is 1. The number of anilines is 1. The predicted molar refractivity (Wildman–Crippen MR) is 141 cm³/mol. The Bertz CT molecular complexity index is 1710. The molecule has 36 heavy (non-hydrogen) atoms. The van der Waals surface area contributed by atoms with Crippen LogP contribution in [0.2, 0.25) is 0 Å². The summed E-state index contributed by atoms with van der Waals surface area (Å²) >= 11 is 1.12. The molecular formula is C26H21N5O4S. The molecule has 180 valence electrons. The number of nitrogens with one attached hydrogen (secondary N) is 2. The third-order valence-electron chi connectivity index (χ3n) is 6.02. The van der Waals surface area contributed by atoms with Crippen LogP contribution in [-0.2, 0) is 4.79 Å². The van der Waals surface area contributed by atoms with Gasteiger partial charge in [-0.05, 0) is 49.2 Å². The highest BCUT2D eigenvalue weighted by molar-refractivity contribution is 7.99. The van der Waals surface area contributed by atoms with E-state index in [-0.39, 0.29) is 22.9 Å². The smallest absolute Gasteiger partial charge is 0.283 e. The number of aromatic amines is 1. The lowest BCUT2D eigenvalue weighted by atomic mass is 10.1. The molecule has 2 aromatic heterocycles. The molecule has 0 unspecified atom stereocenters. The van der Waals surface area contributed by atoms with E-state index in [2.05, 4.69) is 10.3 Å². The number of para-hydroxylation sites is 1. The number of nitro groups is 1. The van der Waals surface area contributed by atoms with Crippen LogP contribution >= 0.6 is 11.8 Å². The van der Waals surface area contributed by atoms with Gasteiger partial charge in [0, 0.05) is 28.7 Å². The molecule has 0 radical (unpaired) electrons. The number of aryl methyl sites for hydroxylation is 1.